The molecule has 0 aliphatic heterocycles. The van der Waals surface area contributed by atoms with Crippen molar-refractivity contribution in [1.29, 1.82) is 0 Å². The topological polar surface area (TPSA) is 20.2 Å². The molecule has 0 spiro atoms. The molecule has 0 fully saturated rings. The van der Waals surface area contributed by atoms with Crippen molar-refractivity contribution in [1.82, 2.24) is 0 Å². The summed E-state index contributed by atoms with van der Waals surface area (Å²) in [6.45, 7) is 7.18. The van der Waals surface area contributed by atoms with Crippen LogP contribution in [-0.4, -0.2) is 30.1 Å². The Labute approximate surface area is 119 Å². The number of allylic oxidation sites excluding steroid dienone is 1. The molecule has 1 nitrogen and oxygen atoms in total. The van der Waals surface area contributed by atoms with E-state index >= 15 is 0 Å². The van der Waals surface area contributed by atoms with Crippen LogP contribution in [0.5, 0.6) is 0 Å². The molecule has 0 saturated carbocycles. The molecule has 0 radical (unpaired) electrons. The van der Waals surface area contributed by atoms with Crippen LogP contribution in [-0.2, 0) is 0 Å². The summed E-state index contributed by atoms with van der Waals surface area (Å²) in [5.41, 5.74) is 0. The van der Waals surface area contributed by atoms with E-state index in [1.807, 2.05) is 6.08 Å². The van der Waals surface area contributed by atoms with Gasteiger partial charge in [-0.2, -0.15) is 0 Å². The van der Waals surface area contributed by atoms with E-state index < -0.39 is 18.4 Å². The first kappa shape index (κ1) is 18.5. The van der Waals surface area contributed by atoms with Gasteiger partial charge in [-0.1, -0.05) is 0 Å². The number of aliphatic hydroxyl groups is 1. The Morgan fingerprint density at radius 1 is 0.778 bits per heavy atom. The van der Waals surface area contributed by atoms with E-state index in [2.05, 4.69) is 26.8 Å². The van der Waals surface area contributed by atoms with Gasteiger partial charge in [-0.3, -0.25) is 0 Å². The Balaban J connectivity index is 4.56. The third-order valence-corrected chi connectivity index (χ3v) is 19.3. The zero-order chi connectivity index (χ0) is 13.7. The zero-order valence-corrected chi connectivity index (χ0v) is 15.7. The molecule has 0 saturated heterocycles. The van der Waals surface area contributed by atoms with Gasteiger partial charge in [-0.15, -0.1) is 0 Å². The molecule has 0 amide bonds. The maximum atomic E-state index is 8.93. The molecule has 0 aromatic carbocycles. The van der Waals surface area contributed by atoms with Crippen molar-refractivity contribution >= 4 is 18.4 Å². The van der Waals surface area contributed by atoms with Gasteiger partial charge in [0.15, 0.2) is 0 Å². The van der Waals surface area contributed by atoms with Crippen LogP contribution < -0.4 is 0 Å². The summed E-state index contributed by atoms with van der Waals surface area (Å²) >= 11 is -1.91. The molecule has 0 bridgehead atoms. The van der Waals surface area contributed by atoms with Gasteiger partial charge in [0.05, 0.1) is 0 Å². The molecular weight excluding hydrogens is 327 g/mol. The van der Waals surface area contributed by atoms with Gasteiger partial charge in [-0.25, -0.2) is 0 Å². The van der Waals surface area contributed by atoms with Crippen molar-refractivity contribution in [3.8, 4) is 0 Å². The van der Waals surface area contributed by atoms with Crippen LogP contribution in [0.1, 0.15) is 59.3 Å². The summed E-state index contributed by atoms with van der Waals surface area (Å²) in [6, 6.07) is 0. The Bertz CT molecular complexity index is 179. The fourth-order valence-corrected chi connectivity index (χ4v) is 18.0. The van der Waals surface area contributed by atoms with E-state index in [-0.39, 0.29) is 6.61 Å². The van der Waals surface area contributed by atoms with Crippen molar-refractivity contribution < 1.29 is 5.11 Å². The van der Waals surface area contributed by atoms with Crippen LogP contribution in [0.15, 0.2) is 12.2 Å². The maximum absolute atomic E-state index is 8.93. The molecular formula is C16H34OSn. The van der Waals surface area contributed by atoms with E-state index in [0.29, 0.717) is 0 Å². The molecule has 0 heterocycles. The molecule has 18 heavy (non-hydrogen) atoms. The molecule has 0 aliphatic carbocycles. The number of unbranched alkanes of at least 4 members (excludes halogenated alkanes) is 3. The van der Waals surface area contributed by atoms with Crippen LogP contribution in [0.2, 0.25) is 17.7 Å². The van der Waals surface area contributed by atoms with Crippen LogP contribution in [0, 0.1) is 0 Å². The van der Waals surface area contributed by atoms with Crippen molar-refractivity contribution in [2.24, 2.45) is 0 Å². The molecule has 0 aliphatic rings. The predicted molar refractivity (Wildman–Crippen MR) is 85.9 cm³/mol. The first-order valence-electron chi connectivity index (χ1n) is 8.00. The summed E-state index contributed by atoms with van der Waals surface area (Å²) in [4.78, 5) is 0. The SMILES string of the molecule is CCC[CH2][Sn]([CH2]/C=C/CO)([CH2]CCC)[CH2]CCC. The van der Waals surface area contributed by atoms with Gasteiger partial charge in [0, 0.05) is 0 Å². The van der Waals surface area contributed by atoms with E-state index in [0.717, 1.165) is 0 Å². The third-order valence-electron chi connectivity index (χ3n) is 4.00. The summed E-state index contributed by atoms with van der Waals surface area (Å²) in [7, 11) is 0. The summed E-state index contributed by atoms with van der Waals surface area (Å²) in [5, 5.41) is 8.93. The Morgan fingerprint density at radius 2 is 1.22 bits per heavy atom. The van der Waals surface area contributed by atoms with Crippen LogP contribution >= 0.6 is 0 Å². The number of hydrogen-bond donors (Lipinski definition) is 1. The molecule has 0 rings (SSSR count). The van der Waals surface area contributed by atoms with Gasteiger partial charge < -0.3 is 0 Å². The van der Waals surface area contributed by atoms with E-state index in [4.69, 9.17) is 5.11 Å². The Morgan fingerprint density at radius 3 is 1.56 bits per heavy atom. The van der Waals surface area contributed by atoms with Crippen LogP contribution in [0.4, 0.5) is 0 Å². The standard InChI is InChI=1S/C4H7O.3C4H9.Sn/c1-2-3-4-5;3*1-3-4-2;/h2-3,5H,1,4H2;3*1,3-4H2,2H3;/b3-2+;;;;. The normalized spacial score (nSPS) is 12.4. The van der Waals surface area contributed by atoms with Gasteiger partial charge in [0.2, 0.25) is 0 Å². The summed E-state index contributed by atoms with van der Waals surface area (Å²) in [6.07, 6.45) is 12.6. The average molecular weight is 361 g/mol. The van der Waals surface area contributed by atoms with Crippen molar-refractivity contribution in [2.75, 3.05) is 6.61 Å². The van der Waals surface area contributed by atoms with Crippen molar-refractivity contribution in [3.05, 3.63) is 12.2 Å². The fraction of sp³-hybridized carbons (Fsp3) is 0.875. The number of aliphatic hydroxyl groups excluding tert-OH is 1. The average Bonchev–Trinajstić information content (AvgIpc) is 2.40. The third kappa shape index (κ3) is 8.57. The van der Waals surface area contributed by atoms with Crippen LogP contribution in [0.25, 0.3) is 0 Å². The first-order valence-corrected chi connectivity index (χ1v) is 16.1. The molecule has 0 unspecified atom stereocenters. The minimum atomic E-state index is -1.91. The molecule has 2 heteroatoms. The predicted octanol–water partition coefficient (Wildman–Crippen LogP) is 5.38. The molecule has 0 atom stereocenters. The number of rotatable bonds is 12. The van der Waals surface area contributed by atoms with E-state index in [1.54, 1.807) is 13.3 Å². The van der Waals surface area contributed by atoms with Gasteiger partial charge in [0.25, 0.3) is 0 Å². The monoisotopic (exact) mass is 362 g/mol. The van der Waals surface area contributed by atoms with Gasteiger partial charge in [0.1, 0.15) is 0 Å². The quantitative estimate of drug-likeness (QED) is 0.365. The van der Waals surface area contributed by atoms with Crippen molar-refractivity contribution in [2.45, 2.75) is 77.0 Å². The molecule has 0 aromatic heterocycles. The second-order valence-corrected chi connectivity index (χ2v) is 19.7. The zero-order valence-electron chi connectivity index (χ0n) is 12.9. The van der Waals surface area contributed by atoms with E-state index in [1.165, 1.54) is 43.0 Å². The first-order chi connectivity index (χ1) is 8.74. The number of hydrogen-bond acceptors (Lipinski definition) is 1. The second-order valence-electron chi connectivity index (χ2n) is 5.67. The van der Waals surface area contributed by atoms with Crippen LogP contribution in [0.3, 0.4) is 0 Å². The summed E-state index contributed by atoms with van der Waals surface area (Å²) in [5.74, 6) is 0. The van der Waals surface area contributed by atoms with Gasteiger partial charge >= 0.3 is 119 Å². The second kappa shape index (κ2) is 12.5. The molecule has 108 valence electrons. The minimum absolute atomic E-state index is 0.220. The molecule has 0 aromatic rings. The molecule has 1 N–H and O–H groups in total. The van der Waals surface area contributed by atoms with E-state index in [9.17, 15) is 0 Å². The Hall–Kier alpha value is 0.499. The summed E-state index contributed by atoms with van der Waals surface area (Å²) < 4.78 is 6.08. The van der Waals surface area contributed by atoms with Gasteiger partial charge in [-0.05, 0) is 0 Å². The Kier molecular flexibility index (Phi) is 12.9. The fourth-order valence-electron chi connectivity index (χ4n) is 2.74. The van der Waals surface area contributed by atoms with Crippen molar-refractivity contribution in [3.63, 3.8) is 0 Å².